The topological polar surface area (TPSA) is 68.2 Å². The molecule has 2 aromatic rings. The van der Waals surface area contributed by atoms with Crippen LogP contribution in [-0.4, -0.2) is 30.4 Å². The van der Waals surface area contributed by atoms with Gasteiger partial charge in [-0.15, -0.1) is 0 Å². The van der Waals surface area contributed by atoms with Crippen molar-refractivity contribution >= 4 is 15.7 Å². The fourth-order valence-electron chi connectivity index (χ4n) is 2.55. The molecule has 0 spiro atoms. The molecule has 0 saturated heterocycles. The maximum Gasteiger partial charge on any atom is 0.268 e. The number of hydrogen-bond acceptors (Lipinski definition) is 3. The SMILES string of the molecule is Cc1ccc([C@H](NC(=O)c2ccc(C)n2C)[C@@H](C)S(C)(=O)=O)cc1. The first-order chi connectivity index (χ1) is 11.1. The van der Waals surface area contributed by atoms with Crippen molar-refractivity contribution in [2.45, 2.75) is 32.1 Å². The lowest BCUT2D eigenvalue weighted by atomic mass is 10.0. The van der Waals surface area contributed by atoms with Crippen molar-refractivity contribution in [3.63, 3.8) is 0 Å². The molecule has 2 atom stereocenters. The van der Waals surface area contributed by atoms with Crippen LogP contribution in [-0.2, 0) is 16.9 Å². The lowest BCUT2D eigenvalue weighted by molar-refractivity contribution is 0.0928. The summed E-state index contributed by atoms with van der Waals surface area (Å²) in [5.41, 5.74) is 3.32. The van der Waals surface area contributed by atoms with E-state index in [0.717, 1.165) is 16.8 Å². The molecule has 0 bridgehead atoms. The van der Waals surface area contributed by atoms with Gasteiger partial charge in [-0.05, 0) is 38.5 Å². The lowest BCUT2D eigenvalue weighted by Gasteiger charge is -2.25. The van der Waals surface area contributed by atoms with Crippen molar-refractivity contribution in [1.29, 1.82) is 0 Å². The van der Waals surface area contributed by atoms with Crippen molar-refractivity contribution in [3.05, 3.63) is 58.9 Å². The van der Waals surface area contributed by atoms with Gasteiger partial charge in [0.1, 0.15) is 5.69 Å². The summed E-state index contributed by atoms with van der Waals surface area (Å²) in [4.78, 5) is 12.6. The molecular formula is C18H24N2O3S. The molecule has 0 unspecified atom stereocenters. The molecule has 0 radical (unpaired) electrons. The zero-order chi connectivity index (χ0) is 18.1. The van der Waals surface area contributed by atoms with E-state index < -0.39 is 21.1 Å². The molecule has 24 heavy (non-hydrogen) atoms. The Morgan fingerprint density at radius 1 is 1.08 bits per heavy atom. The van der Waals surface area contributed by atoms with Crippen molar-refractivity contribution in [2.75, 3.05) is 6.26 Å². The molecule has 0 aliphatic heterocycles. The summed E-state index contributed by atoms with van der Waals surface area (Å²) in [6.45, 7) is 5.49. The van der Waals surface area contributed by atoms with Gasteiger partial charge in [-0.3, -0.25) is 4.79 Å². The highest BCUT2D eigenvalue weighted by molar-refractivity contribution is 7.91. The zero-order valence-electron chi connectivity index (χ0n) is 14.7. The van der Waals surface area contributed by atoms with E-state index in [1.54, 1.807) is 17.6 Å². The number of benzene rings is 1. The molecule has 1 N–H and O–H groups in total. The van der Waals surface area contributed by atoms with Crippen LogP contribution in [0.15, 0.2) is 36.4 Å². The van der Waals surface area contributed by atoms with Gasteiger partial charge < -0.3 is 9.88 Å². The summed E-state index contributed by atoms with van der Waals surface area (Å²) in [6, 6.07) is 10.5. The molecule has 0 aliphatic rings. The molecule has 1 aromatic heterocycles. The maximum absolute atomic E-state index is 12.6. The van der Waals surface area contributed by atoms with Gasteiger partial charge >= 0.3 is 0 Å². The van der Waals surface area contributed by atoms with Gasteiger partial charge in [-0.2, -0.15) is 0 Å². The van der Waals surface area contributed by atoms with Crippen LogP contribution in [0.2, 0.25) is 0 Å². The molecular weight excluding hydrogens is 324 g/mol. The maximum atomic E-state index is 12.6. The fraction of sp³-hybridized carbons (Fsp3) is 0.389. The molecule has 5 nitrogen and oxygen atoms in total. The van der Waals surface area contributed by atoms with E-state index in [2.05, 4.69) is 5.32 Å². The molecule has 0 aliphatic carbocycles. The van der Waals surface area contributed by atoms with Gasteiger partial charge in [-0.1, -0.05) is 29.8 Å². The van der Waals surface area contributed by atoms with Crippen molar-refractivity contribution < 1.29 is 13.2 Å². The predicted molar refractivity (Wildman–Crippen MR) is 95.8 cm³/mol. The number of carbonyl (C=O) groups excluding carboxylic acids is 1. The van der Waals surface area contributed by atoms with E-state index in [1.807, 2.05) is 51.2 Å². The van der Waals surface area contributed by atoms with Crippen LogP contribution in [0, 0.1) is 13.8 Å². The second-order valence-electron chi connectivity index (χ2n) is 6.32. The Labute approximate surface area is 143 Å². The minimum Gasteiger partial charge on any atom is -0.344 e. The second kappa shape index (κ2) is 6.81. The van der Waals surface area contributed by atoms with Crippen LogP contribution in [0.25, 0.3) is 0 Å². The van der Waals surface area contributed by atoms with Gasteiger partial charge in [-0.25, -0.2) is 8.42 Å². The van der Waals surface area contributed by atoms with E-state index in [4.69, 9.17) is 0 Å². The van der Waals surface area contributed by atoms with Gasteiger partial charge in [0.05, 0.1) is 11.3 Å². The Morgan fingerprint density at radius 3 is 2.12 bits per heavy atom. The molecule has 1 heterocycles. The number of aromatic nitrogens is 1. The molecule has 0 fully saturated rings. The van der Waals surface area contributed by atoms with Crippen LogP contribution in [0.4, 0.5) is 0 Å². The highest BCUT2D eigenvalue weighted by Crippen LogP contribution is 2.23. The van der Waals surface area contributed by atoms with Crippen molar-refractivity contribution in [1.82, 2.24) is 9.88 Å². The summed E-state index contributed by atoms with van der Waals surface area (Å²) in [5.74, 6) is -0.285. The van der Waals surface area contributed by atoms with Crippen LogP contribution in [0.5, 0.6) is 0 Å². The fourth-order valence-corrected chi connectivity index (χ4v) is 3.27. The predicted octanol–water partition coefficient (Wildman–Crippen LogP) is 2.55. The van der Waals surface area contributed by atoms with E-state index in [1.165, 1.54) is 6.26 Å². The summed E-state index contributed by atoms with van der Waals surface area (Å²) in [7, 11) is -1.50. The summed E-state index contributed by atoms with van der Waals surface area (Å²) < 4.78 is 25.9. The molecule has 130 valence electrons. The van der Waals surface area contributed by atoms with Gasteiger partial charge in [0.15, 0.2) is 9.84 Å². The standard InChI is InChI=1S/C18H24N2O3S/c1-12-6-9-15(10-7-12)17(14(3)24(5,22)23)19-18(21)16-11-8-13(2)20(16)4/h6-11,14,17H,1-5H3,(H,19,21)/t14-,17-/m1/s1. The molecule has 1 aromatic carbocycles. The number of carbonyl (C=O) groups is 1. The number of nitrogens with zero attached hydrogens (tertiary/aromatic N) is 1. The largest absolute Gasteiger partial charge is 0.344 e. The highest BCUT2D eigenvalue weighted by Gasteiger charge is 2.29. The molecule has 6 heteroatoms. The minimum atomic E-state index is -3.31. The Bertz CT molecular complexity index is 836. The first-order valence-electron chi connectivity index (χ1n) is 7.80. The van der Waals surface area contributed by atoms with E-state index in [0.29, 0.717) is 5.69 Å². The lowest BCUT2D eigenvalue weighted by Crippen LogP contribution is -2.39. The zero-order valence-corrected chi connectivity index (χ0v) is 15.5. The summed E-state index contributed by atoms with van der Waals surface area (Å²) in [5, 5.41) is 2.16. The van der Waals surface area contributed by atoms with Crippen molar-refractivity contribution in [3.8, 4) is 0 Å². The van der Waals surface area contributed by atoms with Crippen LogP contribution < -0.4 is 5.32 Å². The first kappa shape index (κ1) is 18.3. The Balaban J connectivity index is 2.37. The average Bonchev–Trinajstić information content (AvgIpc) is 2.84. The Morgan fingerprint density at radius 2 is 1.67 bits per heavy atom. The smallest absolute Gasteiger partial charge is 0.268 e. The number of rotatable bonds is 5. The third-order valence-corrected chi connectivity index (χ3v) is 6.10. The van der Waals surface area contributed by atoms with Crippen LogP contribution in [0.1, 0.15) is 40.3 Å². The minimum absolute atomic E-state index is 0.285. The number of hydrogen-bond donors (Lipinski definition) is 1. The van der Waals surface area contributed by atoms with Gasteiger partial charge in [0, 0.05) is 19.0 Å². The quantitative estimate of drug-likeness (QED) is 0.903. The van der Waals surface area contributed by atoms with E-state index in [9.17, 15) is 13.2 Å². The average molecular weight is 348 g/mol. The number of amides is 1. The molecule has 1 amide bonds. The van der Waals surface area contributed by atoms with E-state index in [-0.39, 0.29) is 5.91 Å². The Hall–Kier alpha value is -2.08. The Kier molecular flexibility index (Phi) is 5.18. The molecule has 0 saturated carbocycles. The normalized spacial score (nSPS) is 14.2. The summed E-state index contributed by atoms with van der Waals surface area (Å²) >= 11 is 0. The first-order valence-corrected chi connectivity index (χ1v) is 9.75. The van der Waals surface area contributed by atoms with Crippen LogP contribution in [0.3, 0.4) is 0 Å². The number of sulfone groups is 1. The third-order valence-electron chi connectivity index (χ3n) is 4.47. The van der Waals surface area contributed by atoms with Crippen LogP contribution >= 0.6 is 0 Å². The number of aryl methyl sites for hydroxylation is 2. The second-order valence-corrected chi connectivity index (χ2v) is 8.72. The third kappa shape index (κ3) is 3.87. The van der Waals surface area contributed by atoms with Gasteiger partial charge in [0.25, 0.3) is 5.91 Å². The van der Waals surface area contributed by atoms with Crippen molar-refractivity contribution in [2.24, 2.45) is 7.05 Å². The monoisotopic (exact) mass is 348 g/mol. The number of nitrogens with one attached hydrogen (secondary N) is 1. The highest BCUT2D eigenvalue weighted by atomic mass is 32.2. The van der Waals surface area contributed by atoms with E-state index >= 15 is 0 Å². The summed E-state index contributed by atoms with van der Waals surface area (Å²) in [6.07, 6.45) is 1.19. The molecule has 2 rings (SSSR count). The van der Waals surface area contributed by atoms with Gasteiger partial charge in [0.2, 0.25) is 0 Å².